The SMILES string of the molecule is COc1ccc(Cl)cc1N1CCC(NC(=O)C2CCC(=O)N2)C1. The van der Waals surface area contributed by atoms with E-state index in [0.29, 0.717) is 24.4 Å². The molecule has 0 spiro atoms. The van der Waals surface area contributed by atoms with Crippen molar-refractivity contribution in [2.45, 2.75) is 31.3 Å². The summed E-state index contributed by atoms with van der Waals surface area (Å²) in [5, 5.41) is 6.37. The molecule has 2 heterocycles. The minimum atomic E-state index is -0.391. The van der Waals surface area contributed by atoms with Crippen molar-refractivity contribution in [1.82, 2.24) is 10.6 Å². The average molecular weight is 338 g/mol. The zero-order valence-corrected chi connectivity index (χ0v) is 13.7. The van der Waals surface area contributed by atoms with Gasteiger partial charge >= 0.3 is 0 Å². The van der Waals surface area contributed by atoms with E-state index in [9.17, 15) is 9.59 Å². The number of nitrogens with zero attached hydrogens (tertiary/aromatic N) is 1. The average Bonchev–Trinajstić information content (AvgIpc) is 3.16. The molecule has 3 rings (SSSR count). The smallest absolute Gasteiger partial charge is 0.242 e. The predicted octanol–water partition coefficient (Wildman–Crippen LogP) is 1.32. The summed E-state index contributed by atoms with van der Waals surface area (Å²) in [5.74, 6) is 0.618. The molecule has 0 bridgehead atoms. The fourth-order valence-corrected chi connectivity index (χ4v) is 3.29. The van der Waals surface area contributed by atoms with Crippen LogP contribution < -0.4 is 20.3 Å². The van der Waals surface area contributed by atoms with Crippen molar-refractivity contribution in [2.24, 2.45) is 0 Å². The minimum Gasteiger partial charge on any atom is -0.495 e. The molecule has 1 aromatic rings. The highest BCUT2D eigenvalue weighted by molar-refractivity contribution is 6.30. The monoisotopic (exact) mass is 337 g/mol. The van der Waals surface area contributed by atoms with Crippen LogP contribution in [0.1, 0.15) is 19.3 Å². The first-order valence-corrected chi connectivity index (χ1v) is 8.13. The number of hydrogen-bond acceptors (Lipinski definition) is 4. The van der Waals surface area contributed by atoms with Gasteiger partial charge in [-0.25, -0.2) is 0 Å². The molecule has 23 heavy (non-hydrogen) atoms. The van der Waals surface area contributed by atoms with Crippen molar-refractivity contribution in [1.29, 1.82) is 0 Å². The maximum absolute atomic E-state index is 12.2. The number of hydrogen-bond donors (Lipinski definition) is 2. The molecule has 2 aliphatic heterocycles. The second-order valence-corrected chi connectivity index (χ2v) is 6.35. The first kappa shape index (κ1) is 15.9. The van der Waals surface area contributed by atoms with Crippen molar-refractivity contribution >= 4 is 29.1 Å². The largest absolute Gasteiger partial charge is 0.495 e. The molecule has 2 amide bonds. The first-order chi connectivity index (χ1) is 11.1. The van der Waals surface area contributed by atoms with Gasteiger partial charge in [0, 0.05) is 30.6 Å². The lowest BCUT2D eigenvalue weighted by atomic mass is 10.2. The van der Waals surface area contributed by atoms with E-state index in [-0.39, 0.29) is 17.9 Å². The van der Waals surface area contributed by atoms with Crippen LogP contribution in [-0.2, 0) is 9.59 Å². The van der Waals surface area contributed by atoms with Crippen LogP contribution in [0.25, 0.3) is 0 Å². The van der Waals surface area contributed by atoms with Gasteiger partial charge in [-0.15, -0.1) is 0 Å². The molecule has 7 heteroatoms. The summed E-state index contributed by atoms with van der Waals surface area (Å²) in [6.45, 7) is 1.52. The van der Waals surface area contributed by atoms with Gasteiger partial charge in [0.15, 0.2) is 0 Å². The quantitative estimate of drug-likeness (QED) is 0.869. The number of ether oxygens (including phenoxy) is 1. The Labute approximate surface area is 140 Å². The Morgan fingerprint density at radius 3 is 2.96 bits per heavy atom. The third kappa shape index (κ3) is 3.52. The molecule has 2 atom stereocenters. The molecular formula is C16H20ClN3O3. The predicted molar refractivity (Wildman–Crippen MR) is 87.9 cm³/mol. The number of anilines is 1. The molecule has 0 radical (unpaired) electrons. The second kappa shape index (κ2) is 6.66. The normalized spacial score (nSPS) is 23.7. The Balaban J connectivity index is 1.61. The number of halogens is 1. The molecule has 124 valence electrons. The summed E-state index contributed by atoms with van der Waals surface area (Å²) in [5.41, 5.74) is 0.936. The van der Waals surface area contributed by atoms with Crippen molar-refractivity contribution in [3.8, 4) is 5.75 Å². The summed E-state index contributed by atoms with van der Waals surface area (Å²) >= 11 is 6.08. The maximum Gasteiger partial charge on any atom is 0.242 e. The molecule has 6 nitrogen and oxygen atoms in total. The van der Waals surface area contributed by atoms with Gasteiger partial charge in [0.05, 0.1) is 12.8 Å². The van der Waals surface area contributed by atoms with E-state index in [2.05, 4.69) is 15.5 Å². The standard InChI is InChI=1S/C16H20ClN3O3/c1-23-14-4-2-10(17)8-13(14)20-7-6-11(9-20)18-16(22)12-3-5-15(21)19-12/h2,4,8,11-12H,3,5-7,9H2,1H3,(H,18,22)(H,19,21). The summed E-state index contributed by atoms with van der Waals surface area (Å²) in [4.78, 5) is 25.5. The molecule has 0 aliphatic carbocycles. The molecule has 2 unspecified atom stereocenters. The van der Waals surface area contributed by atoms with Crippen LogP contribution in [0.2, 0.25) is 5.02 Å². The third-order valence-electron chi connectivity index (χ3n) is 4.33. The van der Waals surface area contributed by atoms with Crippen molar-refractivity contribution in [3.05, 3.63) is 23.2 Å². The summed E-state index contributed by atoms with van der Waals surface area (Å²) < 4.78 is 5.39. The lowest BCUT2D eigenvalue weighted by Gasteiger charge is -2.22. The van der Waals surface area contributed by atoms with Crippen molar-refractivity contribution in [3.63, 3.8) is 0 Å². The van der Waals surface area contributed by atoms with Gasteiger partial charge in [0.2, 0.25) is 11.8 Å². The van der Waals surface area contributed by atoms with Crippen LogP contribution in [0.4, 0.5) is 5.69 Å². The van der Waals surface area contributed by atoms with Crippen LogP contribution in [0, 0.1) is 0 Å². The fraction of sp³-hybridized carbons (Fsp3) is 0.500. The van der Waals surface area contributed by atoms with Gasteiger partial charge in [-0.3, -0.25) is 9.59 Å². The lowest BCUT2D eigenvalue weighted by Crippen LogP contribution is -2.46. The molecule has 1 aromatic carbocycles. The zero-order chi connectivity index (χ0) is 16.4. The van der Waals surface area contributed by atoms with E-state index in [1.807, 2.05) is 12.1 Å². The highest BCUT2D eigenvalue weighted by Crippen LogP contribution is 2.33. The number of carbonyl (C=O) groups excluding carboxylic acids is 2. The third-order valence-corrected chi connectivity index (χ3v) is 4.56. The Kier molecular flexibility index (Phi) is 4.61. The number of carbonyl (C=O) groups is 2. The minimum absolute atomic E-state index is 0.0538. The summed E-state index contributed by atoms with van der Waals surface area (Å²) in [7, 11) is 1.63. The van der Waals surface area contributed by atoms with E-state index < -0.39 is 6.04 Å². The van der Waals surface area contributed by atoms with Gasteiger partial charge < -0.3 is 20.3 Å². The van der Waals surface area contributed by atoms with Crippen molar-refractivity contribution in [2.75, 3.05) is 25.1 Å². The number of nitrogens with one attached hydrogen (secondary N) is 2. The number of benzene rings is 1. The van der Waals surface area contributed by atoms with Crippen LogP contribution in [0.15, 0.2) is 18.2 Å². The highest BCUT2D eigenvalue weighted by atomic mass is 35.5. The van der Waals surface area contributed by atoms with Crippen LogP contribution in [0.3, 0.4) is 0 Å². The molecule has 0 aromatic heterocycles. The Hall–Kier alpha value is -1.95. The molecule has 2 fully saturated rings. The Bertz CT molecular complexity index is 623. The summed E-state index contributed by atoms with van der Waals surface area (Å²) in [6.07, 6.45) is 1.85. The zero-order valence-electron chi connectivity index (χ0n) is 13.0. The number of methoxy groups -OCH3 is 1. The highest BCUT2D eigenvalue weighted by Gasteiger charge is 2.31. The van der Waals surface area contributed by atoms with E-state index in [1.54, 1.807) is 13.2 Å². The van der Waals surface area contributed by atoms with Crippen LogP contribution in [0.5, 0.6) is 5.75 Å². The maximum atomic E-state index is 12.2. The molecule has 2 aliphatic rings. The van der Waals surface area contributed by atoms with E-state index >= 15 is 0 Å². The van der Waals surface area contributed by atoms with Crippen molar-refractivity contribution < 1.29 is 14.3 Å². The molecule has 0 saturated carbocycles. The van der Waals surface area contributed by atoms with Gasteiger partial charge in [-0.1, -0.05) is 11.6 Å². The number of amides is 2. The second-order valence-electron chi connectivity index (χ2n) is 5.92. The summed E-state index contributed by atoms with van der Waals surface area (Å²) in [6, 6.07) is 5.18. The topological polar surface area (TPSA) is 70.7 Å². The van der Waals surface area contributed by atoms with Crippen LogP contribution >= 0.6 is 11.6 Å². The Morgan fingerprint density at radius 2 is 2.26 bits per heavy atom. The lowest BCUT2D eigenvalue weighted by molar-refractivity contribution is -0.126. The van der Waals surface area contributed by atoms with E-state index in [4.69, 9.17) is 16.3 Å². The molecule has 2 N–H and O–H groups in total. The van der Waals surface area contributed by atoms with Gasteiger partial charge in [0.1, 0.15) is 11.8 Å². The van der Waals surface area contributed by atoms with Gasteiger partial charge in [-0.05, 0) is 31.0 Å². The number of rotatable bonds is 4. The van der Waals surface area contributed by atoms with Crippen LogP contribution in [-0.4, -0.2) is 44.1 Å². The molecule has 2 saturated heterocycles. The Morgan fingerprint density at radius 1 is 1.43 bits per heavy atom. The first-order valence-electron chi connectivity index (χ1n) is 7.75. The fourth-order valence-electron chi connectivity index (χ4n) is 3.12. The van der Waals surface area contributed by atoms with E-state index in [1.165, 1.54) is 0 Å². The van der Waals surface area contributed by atoms with Gasteiger partial charge in [0.25, 0.3) is 0 Å². The molecular weight excluding hydrogens is 318 g/mol. The van der Waals surface area contributed by atoms with Gasteiger partial charge in [-0.2, -0.15) is 0 Å². The van der Waals surface area contributed by atoms with E-state index in [0.717, 1.165) is 24.4 Å².